The van der Waals surface area contributed by atoms with Gasteiger partial charge in [-0.2, -0.15) is 0 Å². The van der Waals surface area contributed by atoms with Crippen LogP contribution in [0.15, 0.2) is 40.9 Å². The number of halogens is 2. The Kier molecular flexibility index (Phi) is 4.39. The first-order chi connectivity index (χ1) is 9.52. The summed E-state index contributed by atoms with van der Waals surface area (Å²) in [5, 5.41) is 2.67. The Morgan fingerprint density at radius 3 is 2.65 bits per heavy atom. The predicted octanol–water partition coefficient (Wildman–Crippen LogP) is 4.16. The number of amides is 1. The van der Waals surface area contributed by atoms with E-state index in [9.17, 15) is 9.18 Å². The highest BCUT2D eigenvalue weighted by Gasteiger charge is 2.15. The molecule has 0 saturated heterocycles. The van der Waals surface area contributed by atoms with Crippen LogP contribution in [0.3, 0.4) is 0 Å². The van der Waals surface area contributed by atoms with Crippen molar-refractivity contribution < 1.29 is 13.9 Å². The standard InChI is InChI=1S/C15H13BrFNO2/c1-9-8-10(6-7-13(9)20-2)18-15(19)14-11(16)4-3-5-12(14)17/h3-8H,1-2H3,(H,18,19). The third-order valence-electron chi connectivity index (χ3n) is 2.84. The zero-order valence-electron chi connectivity index (χ0n) is 11.0. The normalized spacial score (nSPS) is 10.2. The fraction of sp³-hybridized carbons (Fsp3) is 0.133. The van der Waals surface area contributed by atoms with Crippen molar-refractivity contribution in [2.45, 2.75) is 6.92 Å². The first kappa shape index (κ1) is 14.5. The van der Waals surface area contributed by atoms with Crippen LogP contribution in [0, 0.1) is 12.7 Å². The summed E-state index contributed by atoms with van der Waals surface area (Å²) in [6.07, 6.45) is 0. The second kappa shape index (κ2) is 6.05. The van der Waals surface area contributed by atoms with Gasteiger partial charge in [0.25, 0.3) is 5.91 Å². The number of anilines is 1. The van der Waals surface area contributed by atoms with Gasteiger partial charge in [0.05, 0.1) is 12.7 Å². The van der Waals surface area contributed by atoms with Gasteiger partial charge in [-0.1, -0.05) is 6.07 Å². The lowest BCUT2D eigenvalue weighted by atomic mass is 10.1. The molecule has 0 bridgehead atoms. The first-order valence-electron chi connectivity index (χ1n) is 5.93. The summed E-state index contributed by atoms with van der Waals surface area (Å²) in [6.45, 7) is 1.87. The van der Waals surface area contributed by atoms with Crippen LogP contribution in [-0.4, -0.2) is 13.0 Å². The third-order valence-corrected chi connectivity index (χ3v) is 3.50. The summed E-state index contributed by atoms with van der Waals surface area (Å²) in [6, 6.07) is 9.63. The number of nitrogens with one attached hydrogen (secondary N) is 1. The van der Waals surface area contributed by atoms with Gasteiger partial charge in [-0.3, -0.25) is 4.79 Å². The highest BCUT2D eigenvalue weighted by molar-refractivity contribution is 9.10. The lowest BCUT2D eigenvalue weighted by Crippen LogP contribution is -2.14. The Morgan fingerprint density at radius 2 is 2.05 bits per heavy atom. The van der Waals surface area contributed by atoms with E-state index in [-0.39, 0.29) is 5.56 Å². The highest BCUT2D eigenvalue weighted by Crippen LogP contribution is 2.24. The molecule has 0 aliphatic carbocycles. The molecular formula is C15H13BrFNO2. The van der Waals surface area contributed by atoms with Crippen LogP contribution in [-0.2, 0) is 0 Å². The van der Waals surface area contributed by atoms with E-state index < -0.39 is 11.7 Å². The first-order valence-corrected chi connectivity index (χ1v) is 6.72. The molecule has 2 aromatic rings. The van der Waals surface area contributed by atoms with Crippen molar-refractivity contribution in [2.75, 3.05) is 12.4 Å². The summed E-state index contributed by atoms with van der Waals surface area (Å²) in [5.74, 6) is -0.336. The maximum Gasteiger partial charge on any atom is 0.259 e. The molecule has 3 nitrogen and oxygen atoms in total. The molecule has 2 aromatic carbocycles. The zero-order chi connectivity index (χ0) is 14.7. The van der Waals surface area contributed by atoms with Gasteiger partial charge >= 0.3 is 0 Å². The minimum absolute atomic E-state index is 0.0130. The SMILES string of the molecule is COc1ccc(NC(=O)c2c(F)cccc2Br)cc1C. The van der Waals surface area contributed by atoms with Crippen LogP contribution in [0.2, 0.25) is 0 Å². The van der Waals surface area contributed by atoms with Gasteiger partial charge < -0.3 is 10.1 Å². The maximum absolute atomic E-state index is 13.7. The molecule has 5 heteroatoms. The molecule has 104 valence electrons. The van der Waals surface area contributed by atoms with Crippen LogP contribution in [0.1, 0.15) is 15.9 Å². The molecule has 0 aromatic heterocycles. The number of ether oxygens (including phenoxy) is 1. The monoisotopic (exact) mass is 337 g/mol. The van der Waals surface area contributed by atoms with Crippen LogP contribution in [0.4, 0.5) is 10.1 Å². The Bertz CT molecular complexity index is 638. The van der Waals surface area contributed by atoms with Gasteiger partial charge in [-0.15, -0.1) is 0 Å². The Morgan fingerprint density at radius 1 is 1.30 bits per heavy atom. The summed E-state index contributed by atoms with van der Waals surface area (Å²) in [4.78, 5) is 12.1. The van der Waals surface area contributed by atoms with E-state index >= 15 is 0 Å². The molecule has 0 unspecified atom stereocenters. The van der Waals surface area contributed by atoms with Crippen molar-refractivity contribution in [2.24, 2.45) is 0 Å². The minimum atomic E-state index is -0.567. The van der Waals surface area contributed by atoms with Gasteiger partial charge in [-0.25, -0.2) is 4.39 Å². The van der Waals surface area contributed by atoms with E-state index in [0.717, 1.165) is 11.3 Å². The van der Waals surface area contributed by atoms with Gasteiger partial charge in [0.1, 0.15) is 11.6 Å². The summed E-state index contributed by atoms with van der Waals surface area (Å²) in [5.41, 5.74) is 1.46. The number of aryl methyl sites for hydroxylation is 1. The quantitative estimate of drug-likeness (QED) is 0.913. The topological polar surface area (TPSA) is 38.3 Å². The van der Waals surface area contributed by atoms with Crippen molar-refractivity contribution in [3.8, 4) is 5.75 Å². The van der Waals surface area contributed by atoms with Crippen molar-refractivity contribution in [3.05, 3.63) is 57.8 Å². The van der Waals surface area contributed by atoms with Gasteiger partial charge in [-0.05, 0) is 58.7 Å². The fourth-order valence-corrected chi connectivity index (χ4v) is 2.39. The lowest BCUT2D eigenvalue weighted by molar-refractivity contribution is 0.102. The Balaban J connectivity index is 2.26. The summed E-state index contributed by atoms with van der Waals surface area (Å²) >= 11 is 3.18. The number of hydrogen-bond donors (Lipinski definition) is 1. The predicted molar refractivity (Wildman–Crippen MR) is 79.8 cm³/mol. The molecule has 0 fully saturated rings. The zero-order valence-corrected chi connectivity index (χ0v) is 12.6. The van der Waals surface area contributed by atoms with Crippen molar-refractivity contribution in [3.63, 3.8) is 0 Å². The summed E-state index contributed by atoms with van der Waals surface area (Å²) in [7, 11) is 1.58. The van der Waals surface area contributed by atoms with E-state index in [1.807, 2.05) is 6.92 Å². The number of rotatable bonds is 3. The minimum Gasteiger partial charge on any atom is -0.496 e. The molecule has 2 rings (SSSR count). The second-order valence-electron chi connectivity index (χ2n) is 4.24. The van der Waals surface area contributed by atoms with Crippen molar-refractivity contribution in [1.29, 1.82) is 0 Å². The molecule has 0 atom stereocenters. The Labute approximate surface area is 124 Å². The molecule has 0 radical (unpaired) electrons. The molecule has 1 amide bonds. The van der Waals surface area contributed by atoms with Gasteiger partial charge in [0, 0.05) is 10.2 Å². The number of carbonyl (C=O) groups is 1. The van der Waals surface area contributed by atoms with Gasteiger partial charge in [0.15, 0.2) is 0 Å². The van der Waals surface area contributed by atoms with E-state index in [4.69, 9.17) is 4.74 Å². The molecule has 0 aliphatic heterocycles. The fourth-order valence-electron chi connectivity index (χ4n) is 1.86. The smallest absolute Gasteiger partial charge is 0.259 e. The van der Waals surface area contributed by atoms with Crippen LogP contribution >= 0.6 is 15.9 Å². The molecule has 0 spiro atoms. The molecule has 0 heterocycles. The van der Waals surface area contributed by atoms with E-state index in [2.05, 4.69) is 21.2 Å². The molecule has 1 N–H and O–H groups in total. The maximum atomic E-state index is 13.7. The second-order valence-corrected chi connectivity index (χ2v) is 5.09. The van der Waals surface area contributed by atoms with Crippen molar-refractivity contribution >= 4 is 27.5 Å². The van der Waals surface area contributed by atoms with Crippen LogP contribution in [0.5, 0.6) is 5.75 Å². The lowest BCUT2D eigenvalue weighted by Gasteiger charge is -2.10. The van der Waals surface area contributed by atoms with Crippen LogP contribution in [0.25, 0.3) is 0 Å². The average Bonchev–Trinajstić information content (AvgIpc) is 2.38. The van der Waals surface area contributed by atoms with Crippen LogP contribution < -0.4 is 10.1 Å². The average molecular weight is 338 g/mol. The van der Waals surface area contributed by atoms with E-state index in [1.165, 1.54) is 12.1 Å². The number of hydrogen-bond acceptors (Lipinski definition) is 2. The highest BCUT2D eigenvalue weighted by atomic mass is 79.9. The summed E-state index contributed by atoms with van der Waals surface area (Å²) < 4.78 is 19.3. The van der Waals surface area contributed by atoms with Crippen molar-refractivity contribution in [1.82, 2.24) is 0 Å². The Hall–Kier alpha value is -1.88. The molecule has 0 aliphatic rings. The van der Waals surface area contributed by atoms with Gasteiger partial charge in [0.2, 0.25) is 0 Å². The third kappa shape index (κ3) is 2.99. The van der Waals surface area contributed by atoms with E-state index in [1.54, 1.807) is 31.4 Å². The molecule has 0 saturated carbocycles. The van der Waals surface area contributed by atoms with E-state index in [0.29, 0.717) is 10.2 Å². The molecule has 20 heavy (non-hydrogen) atoms. The number of benzene rings is 2. The number of carbonyl (C=O) groups excluding carboxylic acids is 1. The number of methoxy groups -OCH3 is 1. The largest absolute Gasteiger partial charge is 0.496 e. The molecular weight excluding hydrogens is 325 g/mol.